The van der Waals surface area contributed by atoms with Crippen molar-refractivity contribution in [1.82, 2.24) is 4.90 Å². The molecule has 2 unspecified atom stereocenters. The Hall–Kier alpha value is -0.230. The summed E-state index contributed by atoms with van der Waals surface area (Å²) in [5, 5.41) is 26.2. The highest BCUT2D eigenvalue weighted by Gasteiger charge is 2.36. The summed E-state index contributed by atoms with van der Waals surface area (Å²) in [6.45, 7) is 1.92. The van der Waals surface area contributed by atoms with Gasteiger partial charge in [0.2, 0.25) is 0 Å². The SMILES string of the molecule is CC1CCN(C(O)(O)O)CC1F. The third-order valence-corrected chi connectivity index (χ3v) is 2.29. The lowest BCUT2D eigenvalue weighted by atomic mass is 9.97. The maximum atomic E-state index is 13.0. The number of alkyl halides is 1. The maximum Gasteiger partial charge on any atom is 0.345 e. The second-order valence-corrected chi connectivity index (χ2v) is 3.33. The number of halogens is 1. The fourth-order valence-electron chi connectivity index (χ4n) is 1.29. The molecule has 0 aromatic rings. The Labute approximate surface area is 70.2 Å². The molecule has 0 aromatic heterocycles. The second-order valence-electron chi connectivity index (χ2n) is 3.33. The van der Waals surface area contributed by atoms with E-state index in [0.717, 1.165) is 4.90 Å². The molecule has 0 aliphatic carbocycles. The minimum absolute atomic E-state index is 0.0800. The molecule has 0 amide bonds. The van der Waals surface area contributed by atoms with E-state index >= 15 is 0 Å². The first-order valence-electron chi connectivity index (χ1n) is 3.97. The lowest BCUT2D eigenvalue weighted by Crippen LogP contribution is -2.55. The molecule has 0 radical (unpaired) electrons. The summed E-state index contributed by atoms with van der Waals surface area (Å²) in [5.41, 5.74) is 0. The van der Waals surface area contributed by atoms with Gasteiger partial charge in [-0.1, -0.05) is 6.92 Å². The summed E-state index contributed by atoms with van der Waals surface area (Å²) in [7, 11) is 0. The Morgan fingerprint density at radius 1 is 1.42 bits per heavy atom. The first-order chi connectivity index (χ1) is 5.41. The molecule has 5 heteroatoms. The van der Waals surface area contributed by atoms with Crippen LogP contribution in [0.4, 0.5) is 4.39 Å². The van der Waals surface area contributed by atoms with E-state index in [1.165, 1.54) is 0 Å². The van der Waals surface area contributed by atoms with E-state index in [0.29, 0.717) is 13.0 Å². The van der Waals surface area contributed by atoms with Crippen molar-refractivity contribution < 1.29 is 19.7 Å². The highest BCUT2D eigenvalue weighted by Crippen LogP contribution is 2.22. The normalized spacial score (nSPS) is 33.8. The van der Waals surface area contributed by atoms with Gasteiger partial charge in [0, 0.05) is 13.1 Å². The van der Waals surface area contributed by atoms with E-state index in [1.807, 2.05) is 0 Å². The molecule has 4 nitrogen and oxygen atoms in total. The van der Waals surface area contributed by atoms with Crippen LogP contribution in [-0.4, -0.2) is 45.6 Å². The Morgan fingerprint density at radius 2 is 2.00 bits per heavy atom. The molecule has 2 atom stereocenters. The van der Waals surface area contributed by atoms with Crippen molar-refractivity contribution in [2.24, 2.45) is 5.92 Å². The first kappa shape index (κ1) is 9.85. The van der Waals surface area contributed by atoms with Crippen molar-refractivity contribution >= 4 is 0 Å². The van der Waals surface area contributed by atoms with Gasteiger partial charge in [0.1, 0.15) is 6.17 Å². The van der Waals surface area contributed by atoms with Gasteiger partial charge in [0.05, 0.1) is 0 Å². The zero-order chi connectivity index (χ0) is 9.35. The monoisotopic (exact) mass is 179 g/mol. The maximum absolute atomic E-state index is 13.0. The number of rotatable bonds is 1. The molecule has 0 aromatic carbocycles. The van der Waals surface area contributed by atoms with Gasteiger partial charge in [-0.05, 0) is 12.3 Å². The third kappa shape index (κ3) is 2.13. The highest BCUT2D eigenvalue weighted by atomic mass is 19.1. The smallest absolute Gasteiger partial charge is 0.330 e. The number of hydrogen-bond acceptors (Lipinski definition) is 4. The minimum atomic E-state index is -2.87. The van der Waals surface area contributed by atoms with Crippen molar-refractivity contribution in [2.45, 2.75) is 25.6 Å². The fourth-order valence-corrected chi connectivity index (χ4v) is 1.29. The molecular formula is C7H14FNO3. The van der Waals surface area contributed by atoms with Crippen LogP contribution in [0.5, 0.6) is 0 Å². The van der Waals surface area contributed by atoms with Crippen molar-refractivity contribution in [3.8, 4) is 0 Å². The summed E-state index contributed by atoms with van der Waals surface area (Å²) in [6.07, 6.45) is -3.46. The van der Waals surface area contributed by atoms with E-state index in [4.69, 9.17) is 15.3 Å². The summed E-state index contributed by atoms with van der Waals surface area (Å²) < 4.78 is 13.0. The zero-order valence-electron chi connectivity index (χ0n) is 6.94. The van der Waals surface area contributed by atoms with Gasteiger partial charge < -0.3 is 15.3 Å². The molecule has 0 saturated carbocycles. The number of piperidine rings is 1. The molecule has 0 spiro atoms. The highest BCUT2D eigenvalue weighted by molar-refractivity contribution is 4.78. The molecule has 1 rings (SSSR count). The van der Waals surface area contributed by atoms with Crippen LogP contribution < -0.4 is 0 Å². The largest absolute Gasteiger partial charge is 0.345 e. The molecule has 3 N–H and O–H groups in total. The van der Waals surface area contributed by atoms with Crippen LogP contribution >= 0.6 is 0 Å². The van der Waals surface area contributed by atoms with Crippen LogP contribution in [0.2, 0.25) is 0 Å². The van der Waals surface area contributed by atoms with E-state index in [1.54, 1.807) is 6.92 Å². The molecule has 1 aliphatic rings. The topological polar surface area (TPSA) is 63.9 Å². The van der Waals surface area contributed by atoms with Crippen molar-refractivity contribution in [3.05, 3.63) is 0 Å². The van der Waals surface area contributed by atoms with Crippen LogP contribution in [0.3, 0.4) is 0 Å². The summed E-state index contributed by atoms with van der Waals surface area (Å²) in [5.74, 6) is -0.0800. The molecule has 1 aliphatic heterocycles. The van der Waals surface area contributed by atoms with E-state index in [-0.39, 0.29) is 12.5 Å². The molecule has 1 saturated heterocycles. The summed E-state index contributed by atoms with van der Waals surface area (Å²) >= 11 is 0. The van der Waals surface area contributed by atoms with Gasteiger partial charge in [-0.2, -0.15) is 0 Å². The molecule has 0 bridgehead atoms. The standard InChI is InChI=1S/C7H14FNO3/c1-5-2-3-9(4-6(5)8)7(10,11)12/h5-6,10-12H,2-4H2,1H3. The van der Waals surface area contributed by atoms with Gasteiger partial charge >= 0.3 is 6.10 Å². The predicted molar refractivity (Wildman–Crippen MR) is 39.6 cm³/mol. The van der Waals surface area contributed by atoms with Crippen LogP contribution in [0, 0.1) is 5.92 Å². The van der Waals surface area contributed by atoms with Crippen LogP contribution in [-0.2, 0) is 0 Å². The number of aliphatic hydroxyl groups is 3. The lowest BCUT2D eigenvalue weighted by molar-refractivity contribution is -0.398. The molecule has 12 heavy (non-hydrogen) atoms. The Bertz CT molecular complexity index is 159. The molecule has 1 fully saturated rings. The van der Waals surface area contributed by atoms with Crippen LogP contribution in [0.15, 0.2) is 0 Å². The van der Waals surface area contributed by atoms with Crippen molar-refractivity contribution in [3.63, 3.8) is 0 Å². The number of likely N-dealkylation sites (tertiary alicyclic amines) is 1. The van der Waals surface area contributed by atoms with E-state index in [2.05, 4.69) is 0 Å². The molecular weight excluding hydrogens is 165 g/mol. The van der Waals surface area contributed by atoms with Crippen molar-refractivity contribution in [1.29, 1.82) is 0 Å². The Morgan fingerprint density at radius 3 is 2.42 bits per heavy atom. The molecule has 72 valence electrons. The number of hydrogen-bond donors (Lipinski definition) is 3. The lowest BCUT2D eigenvalue weighted by Gasteiger charge is -2.37. The first-order valence-corrected chi connectivity index (χ1v) is 3.97. The van der Waals surface area contributed by atoms with Gasteiger partial charge in [0.25, 0.3) is 0 Å². The van der Waals surface area contributed by atoms with E-state index < -0.39 is 12.3 Å². The van der Waals surface area contributed by atoms with Gasteiger partial charge in [-0.15, -0.1) is 0 Å². The summed E-state index contributed by atoms with van der Waals surface area (Å²) in [4.78, 5) is 0.900. The number of nitrogens with zero attached hydrogens (tertiary/aromatic N) is 1. The Balaban J connectivity index is 2.51. The fraction of sp³-hybridized carbons (Fsp3) is 1.00. The van der Waals surface area contributed by atoms with Gasteiger partial charge in [0.15, 0.2) is 0 Å². The average Bonchev–Trinajstić information content (AvgIpc) is 1.92. The molecule has 1 heterocycles. The van der Waals surface area contributed by atoms with Gasteiger partial charge in [-0.3, -0.25) is 0 Å². The zero-order valence-corrected chi connectivity index (χ0v) is 6.94. The second kappa shape index (κ2) is 3.26. The third-order valence-electron chi connectivity index (χ3n) is 2.29. The average molecular weight is 179 g/mol. The minimum Gasteiger partial charge on any atom is -0.330 e. The quantitative estimate of drug-likeness (QED) is 0.464. The van der Waals surface area contributed by atoms with Gasteiger partial charge in [-0.25, -0.2) is 9.29 Å². The predicted octanol–water partition coefficient (Wildman–Crippen LogP) is -0.746. The van der Waals surface area contributed by atoms with Crippen LogP contribution in [0.1, 0.15) is 13.3 Å². The Kier molecular flexibility index (Phi) is 2.67. The van der Waals surface area contributed by atoms with E-state index in [9.17, 15) is 4.39 Å². The summed E-state index contributed by atoms with van der Waals surface area (Å²) in [6, 6.07) is 0. The van der Waals surface area contributed by atoms with Crippen molar-refractivity contribution in [2.75, 3.05) is 13.1 Å². The van der Waals surface area contributed by atoms with Crippen LogP contribution in [0.25, 0.3) is 0 Å².